The van der Waals surface area contributed by atoms with Crippen LogP contribution in [0.15, 0.2) is 24.3 Å². The highest BCUT2D eigenvalue weighted by Crippen LogP contribution is 2.35. The molecule has 2 unspecified atom stereocenters. The lowest BCUT2D eigenvalue weighted by Gasteiger charge is -2.43. The van der Waals surface area contributed by atoms with Gasteiger partial charge in [0.05, 0.1) is 0 Å². The van der Waals surface area contributed by atoms with E-state index in [1.54, 1.807) is 49.9 Å². The first-order chi connectivity index (χ1) is 15.5. The molecule has 33 heavy (non-hydrogen) atoms. The Balaban J connectivity index is 2.48. The molecule has 1 aliphatic carbocycles. The van der Waals surface area contributed by atoms with Crippen LogP contribution in [0.4, 0.5) is 4.79 Å². The molecule has 0 spiro atoms. The van der Waals surface area contributed by atoms with Gasteiger partial charge in [-0.2, -0.15) is 12.6 Å². The lowest BCUT2D eigenvalue weighted by Crippen LogP contribution is -2.58. The molecule has 0 bridgehead atoms. The summed E-state index contributed by atoms with van der Waals surface area (Å²) in [6.45, 7) is 8.95. The number of rotatable bonds is 8. The Morgan fingerprint density at radius 1 is 1.21 bits per heavy atom. The van der Waals surface area contributed by atoms with E-state index >= 15 is 0 Å². The molecule has 0 aliphatic heterocycles. The fourth-order valence-corrected chi connectivity index (χ4v) is 3.89. The highest BCUT2D eigenvalue weighted by Gasteiger charge is 2.42. The number of ether oxygens (including phenoxy) is 1. The van der Waals surface area contributed by atoms with Crippen LogP contribution in [-0.2, 0) is 14.3 Å². The van der Waals surface area contributed by atoms with Crippen LogP contribution in [0, 0.1) is 12.3 Å². The van der Waals surface area contributed by atoms with Crippen molar-refractivity contribution in [2.24, 2.45) is 0 Å². The summed E-state index contributed by atoms with van der Waals surface area (Å²) < 4.78 is 5.32. The summed E-state index contributed by atoms with van der Waals surface area (Å²) in [6, 6.07) is 4.96. The number of carbonyl (C=O) groups is 3. The van der Waals surface area contributed by atoms with Gasteiger partial charge in [-0.3, -0.25) is 9.59 Å². The third kappa shape index (κ3) is 7.16. The summed E-state index contributed by atoms with van der Waals surface area (Å²) in [5, 5.41) is 5.55. The minimum absolute atomic E-state index is 0.0522. The van der Waals surface area contributed by atoms with Crippen molar-refractivity contribution in [3.05, 3.63) is 35.4 Å². The van der Waals surface area contributed by atoms with E-state index in [1.165, 1.54) is 0 Å². The molecular formula is C25H35N3O4S. The molecule has 2 rings (SSSR count). The SMILES string of the molecule is C#Cc1ccccc1C(C(=O)NC(C)C)N(C(=O)C(CS)NC(=O)OC(C)(C)C)C1CCC1. The molecule has 7 nitrogen and oxygen atoms in total. The van der Waals surface area contributed by atoms with Gasteiger partial charge in [0, 0.05) is 23.4 Å². The molecule has 0 radical (unpaired) electrons. The maximum absolute atomic E-state index is 13.8. The highest BCUT2D eigenvalue weighted by atomic mass is 32.1. The third-order valence-electron chi connectivity index (χ3n) is 5.26. The van der Waals surface area contributed by atoms with E-state index in [0.717, 1.165) is 19.3 Å². The average Bonchev–Trinajstić information content (AvgIpc) is 2.68. The number of hydrogen-bond donors (Lipinski definition) is 3. The second kappa shape index (κ2) is 11.5. The second-order valence-electron chi connectivity index (χ2n) is 9.51. The van der Waals surface area contributed by atoms with Gasteiger partial charge in [-0.05, 0) is 65.5 Å². The molecule has 1 aromatic carbocycles. The lowest BCUT2D eigenvalue weighted by molar-refractivity contribution is -0.147. The summed E-state index contributed by atoms with van der Waals surface area (Å²) >= 11 is 4.30. The van der Waals surface area contributed by atoms with Crippen molar-refractivity contribution in [3.63, 3.8) is 0 Å². The van der Waals surface area contributed by atoms with Gasteiger partial charge < -0.3 is 20.3 Å². The first-order valence-corrected chi connectivity index (χ1v) is 11.9. The van der Waals surface area contributed by atoms with Gasteiger partial charge in [-0.15, -0.1) is 6.42 Å². The number of carbonyl (C=O) groups excluding carboxylic acids is 3. The van der Waals surface area contributed by atoms with Crippen molar-refractivity contribution in [2.75, 3.05) is 5.75 Å². The van der Waals surface area contributed by atoms with Gasteiger partial charge in [0.1, 0.15) is 17.7 Å². The quantitative estimate of drug-likeness (QED) is 0.399. The molecule has 1 aliphatic rings. The van der Waals surface area contributed by atoms with E-state index in [-0.39, 0.29) is 23.7 Å². The average molecular weight is 474 g/mol. The van der Waals surface area contributed by atoms with Gasteiger partial charge in [0.25, 0.3) is 0 Å². The van der Waals surface area contributed by atoms with E-state index in [2.05, 4.69) is 29.2 Å². The molecule has 3 amide bonds. The number of hydrogen-bond acceptors (Lipinski definition) is 5. The minimum atomic E-state index is -0.962. The van der Waals surface area contributed by atoms with Crippen LogP contribution in [-0.4, -0.2) is 52.3 Å². The van der Waals surface area contributed by atoms with E-state index in [4.69, 9.17) is 11.2 Å². The Morgan fingerprint density at radius 2 is 1.85 bits per heavy atom. The van der Waals surface area contributed by atoms with E-state index in [1.807, 2.05) is 13.8 Å². The third-order valence-corrected chi connectivity index (χ3v) is 5.63. The Kier molecular flexibility index (Phi) is 9.24. The Hall–Kier alpha value is -2.66. The Labute approximate surface area is 202 Å². The summed E-state index contributed by atoms with van der Waals surface area (Å²) in [5.41, 5.74) is 0.405. The van der Waals surface area contributed by atoms with Crippen LogP contribution in [0.1, 0.15) is 71.0 Å². The zero-order chi connectivity index (χ0) is 24.8. The summed E-state index contributed by atoms with van der Waals surface area (Å²) in [4.78, 5) is 41.2. The monoisotopic (exact) mass is 473 g/mol. The molecule has 0 saturated heterocycles. The van der Waals surface area contributed by atoms with Gasteiger partial charge in [-0.1, -0.05) is 24.1 Å². The fraction of sp³-hybridized carbons (Fsp3) is 0.560. The highest BCUT2D eigenvalue weighted by molar-refractivity contribution is 7.80. The van der Waals surface area contributed by atoms with Crippen LogP contribution in [0.25, 0.3) is 0 Å². The van der Waals surface area contributed by atoms with Crippen LogP contribution >= 0.6 is 12.6 Å². The van der Waals surface area contributed by atoms with E-state index in [9.17, 15) is 14.4 Å². The summed E-state index contributed by atoms with van der Waals surface area (Å²) in [6.07, 6.45) is 7.50. The zero-order valence-corrected chi connectivity index (χ0v) is 20.9. The molecule has 1 saturated carbocycles. The predicted octanol–water partition coefficient (Wildman–Crippen LogP) is 3.44. The van der Waals surface area contributed by atoms with Gasteiger partial charge >= 0.3 is 6.09 Å². The molecular weight excluding hydrogens is 438 g/mol. The number of amides is 3. The second-order valence-corrected chi connectivity index (χ2v) is 9.87. The zero-order valence-electron chi connectivity index (χ0n) is 20.1. The fourth-order valence-electron chi connectivity index (χ4n) is 3.65. The molecule has 0 heterocycles. The topological polar surface area (TPSA) is 87.7 Å². The van der Waals surface area contributed by atoms with Gasteiger partial charge in [0.15, 0.2) is 0 Å². The standard InChI is InChI=1S/C25H35N3O4S/c1-7-17-11-8-9-14-19(17)21(22(29)26-16(2)3)28(18-12-10-13-18)23(30)20(15-33)27-24(31)32-25(4,5)6/h1,8-9,11,14,16,18,20-21,33H,10,12-13,15H2,2-6H3,(H,26,29)(H,27,31). The van der Waals surface area contributed by atoms with Crippen molar-refractivity contribution in [3.8, 4) is 12.3 Å². The molecule has 2 N–H and O–H groups in total. The van der Waals surface area contributed by atoms with E-state index in [0.29, 0.717) is 11.1 Å². The number of terminal acetylenes is 1. The number of benzene rings is 1. The Morgan fingerprint density at radius 3 is 2.33 bits per heavy atom. The number of alkyl carbamates (subject to hydrolysis) is 1. The maximum Gasteiger partial charge on any atom is 0.408 e. The maximum atomic E-state index is 13.8. The van der Waals surface area contributed by atoms with E-state index < -0.39 is 29.7 Å². The predicted molar refractivity (Wildman–Crippen MR) is 132 cm³/mol. The number of nitrogens with zero attached hydrogens (tertiary/aromatic N) is 1. The summed E-state index contributed by atoms with van der Waals surface area (Å²) in [5.74, 6) is 1.97. The minimum Gasteiger partial charge on any atom is -0.444 e. The van der Waals surface area contributed by atoms with Crippen LogP contribution in [0.2, 0.25) is 0 Å². The molecule has 1 fully saturated rings. The van der Waals surface area contributed by atoms with Crippen molar-refractivity contribution >= 4 is 30.5 Å². The lowest BCUT2D eigenvalue weighted by atomic mass is 9.87. The number of nitrogens with one attached hydrogen (secondary N) is 2. The molecule has 2 atom stereocenters. The van der Waals surface area contributed by atoms with Crippen LogP contribution < -0.4 is 10.6 Å². The summed E-state index contributed by atoms with van der Waals surface area (Å²) in [7, 11) is 0. The van der Waals surface area contributed by atoms with Crippen LogP contribution in [0.5, 0.6) is 0 Å². The molecule has 180 valence electrons. The molecule has 0 aromatic heterocycles. The first kappa shape index (κ1) is 26.6. The van der Waals surface area contributed by atoms with Crippen molar-refractivity contribution < 1.29 is 19.1 Å². The van der Waals surface area contributed by atoms with Crippen molar-refractivity contribution in [1.29, 1.82) is 0 Å². The van der Waals surface area contributed by atoms with Gasteiger partial charge in [0.2, 0.25) is 11.8 Å². The smallest absolute Gasteiger partial charge is 0.408 e. The normalized spacial score (nSPS) is 15.6. The first-order valence-electron chi connectivity index (χ1n) is 11.3. The Bertz CT molecular complexity index is 900. The van der Waals surface area contributed by atoms with Gasteiger partial charge in [-0.25, -0.2) is 4.79 Å². The molecule has 1 aromatic rings. The number of thiol groups is 1. The van der Waals surface area contributed by atoms with Crippen LogP contribution in [0.3, 0.4) is 0 Å². The largest absolute Gasteiger partial charge is 0.444 e. The van der Waals surface area contributed by atoms with Crippen molar-refractivity contribution in [1.82, 2.24) is 15.5 Å². The molecule has 8 heteroatoms. The van der Waals surface area contributed by atoms with Crippen molar-refractivity contribution in [2.45, 2.75) is 83.6 Å².